The van der Waals surface area contributed by atoms with Crippen LogP contribution in [0.4, 0.5) is 20.2 Å². The Morgan fingerprint density at radius 3 is 2.48 bits per heavy atom. The molecule has 0 aromatic heterocycles. The van der Waals surface area contributed by atoms with E-state index in [1.807, 2.05) is 0 Å². The highest BCUT2D eigenvalue weighted by Crippen LogP contribution is 2.22. The van der Waals surface area contributed by atoms with E-state index in [1.165, 1.54) is 24.3 Å². The Labute approximate surface area is 120 Å². The molecule has 0 saturated carbocycles. The lowest BCUT2D eigenvalue weighted by atomic mass is 10.1. The van der Waals surface area contributed by atoms with Crippen LogP contribution in [0.3, 0.4) is 0 Å². The molecule has 1 amide bonds. The van der Waals surface area contributed by atoms with Gasteiger partial charge >= 0.3 is 6.61 Å². The van der Waals surface area contributed by atoms with Crippen LogP contribution in [0, 0.1) is 6.92 Å². The zero-order valence-electron chi connectivity index (χ0n) is 11.3. The van der Waals surface area contributed by atoms with E-state index in [0.717, 1.165) is 5.56 Å². The first-order valence-electron chi connectivity index (χ1n) is 6.18. The van der Waals surface area contributed by atoms with E-state index in [9.17, 15) is 13.6 Å². The number of rotatable bonds is 4. The molecule has 0 bridgehead atoms. The van der Waals surface area contributed by atoms with Crippen molar-refractivity contribution in [3.63, 3.8) is 0 Å². The minimum atomic E-state index is -2.89. The van der Waals surface area contributed by atoms with Crippen LogP contribution in [-0.4, -0.2) is 12.5 Å². The predicted molar refractivity (Wildman–Crippen MR) is 76.6 cm³/mol. The Morgan fingerprint density at radius 1 is 1.19 bits per heavy atom. The minimum absolute atomic E-state index is 0.00156. The van der Waals surface area contributed by atoms with Gasteiger partial charge in [0.05, 0.1) is 0 Å². The van der Waals surface area contributed by atoms with Gasteiger partial charge in [0.15, 0.2) is 0 Å². The Balaban J connectivity index is 2.11. The normalized spacial score (nSPS) is 10.5. The lowest BCUT2D eigenvalue weighted by molar-refractivity contribution is -0.0498. The summed E-state index contributed by atoms with van der Waals surface area (Å²) in [4.78, 5) is 12.1. The average molecular weight is 292 g/mol. The number of nitrogens with one attached hydrogen (secondary N) is 1. The number of anilines is 2. The van der Waals surface area contributed by atoms with Crippen LogP contribution in [0.15, 0.2) is 42.5 Å². The third kappa shape index (κ3) is 3.68. The molecule has 0 unspecified atom stereocenters. The molecule has 2 aromatic rings. The van der Waals surface area contributed by atoms with Gasteiger partial charge in [0, 0.05) is 16.9 Å². The molecule has 0 spiro atoms. The first kappa shape index (κ1) is 14.8. The number of hydrogen-bond acceptors (Lipinski definition) is 3. The SMILES string of the molecule is Cc1c(N)cccc1NC(=O)c1ccc(OC(F)F)cc1. The molecule has 0 atom stereocenters. The summed E-state index contributed by atoms with van der Waals surface area (Å²) in [7, 11) is 0. The van der Waals surface area contributed by atoms with E-state index in [1.54, 1.807) is 25.1 Å². The molecule has 3 N–H and O–H groups in total. The number of alkyl halides is 2. The second-order valence-electron chi connectivity index (χ2n) is 4.38. The zero-order chi connectivity index (χ0) is 15.4. The van der Waals surface area contributed by atoms with Crippen LogP contribution in [0.25, 0.3) is 0 Å². The summed E-state index contributed by atoms with van der Waals surface area (Å²) < 4.78 is 28.3. The third-order valence-electron chi connectivity index (χ3n) is 2.97. The van der Waals surface area contributed by atoms with Crippen LogP contribution in [0.2, 0.25) is 0 Å². The number of carbonyl (C=O) groups excluding carboxylic acids is 1. The minimum Gasteiger partial charge on any atom is -0.435 e. The Hall–Kier alpha value is -2.63. The van der Waals surface area contributed by atoms with Crippen molar-refractivity contribution >= 4 is 17.3 Å². The summed E-state index contributed by atoms with van der Waals surface area (Å²) in [6, 6.07) is 10.7. The third-order valence-corrected chi connectivity index (χ3v) is 2.97. The summed E-state index contributed by atoms with van der Waals surface area (Å²) >= 11 is 0. The van der Waals surface area contributed by atoms with Gasteiger partial charge in [-0.25, -0.2) is 0 Å². The highest BCUT2D eigenvalue weighted by molar-refractivity contribution is 6.05. The van der Waals surface area contributed by atoms with Crippen molar-refractivity contribution in [1.29, 1.82) is 0 Å². The van der Waals surface area contributed by atoms with Crippen molar-refractivity contribution in [3.05, 3.63) is 53.6 Å². The maximum absolute atomic E-state index is 12.1. The summed E-state index contributed by atoms with van der Waals surface area (Å²) in [5, 5.41) is 2.72. The van der Waals surface area contributed by atoms with Crippen molar-refractivity contribution in [3.8, 4) is 5.75 Å². The van der Waals surface area contributed by atoms with Gasteiger partial charge in [-0.3, -0.25) is 4.79 Å². The van der Waals surface area contributed by atoms with Gasteiger partial charge in [-0.05, 0) is 48.9 Å². The molecule has 0 aliphatic carbocycles. The lowest BCUT2D eigenvalue weighted by Crippen LogP contribution is -2.13. The molecular formula is C15H14F2N2O2. The van der Waals surface area contributed by atoms with Crippen LogP contribution < -0.4 is 15.8 Å². The van der Waals surface area contributed by atoms with Crippen LogP contribution >= 0.6 is 0 Å². The molecule has 0 fully saturated rings. The predicted octanol–water partition coefficient (Wildman–Crippen LogP) is 3.43. The summed E-state index contributed by atoms with van der Waals surface area (Å²) in [6.45, 7) is -1.09. The van der Waals surface area contributed by atoms with Gasteiger partial charge in [0.2, 0.25) is 0 Å². The van der Waals surface area contributed by atoms with Gasteiger partial charge < -0.3 is 15.8 Å². The maximum atomic E-state index is 12.1. The quantitative estimate of drug-likeness (QED) is 0.848. The summed E-state index contributed by atoms with van der Waals surface area (Å²) in [5.41, 5.74) is 8.04. The Morgan fingerprint density at radius 2 is 1.86 bits per heavy atom. The largest absolute Gasteiger partial charge is 0.435 e. The molecule has 0 aliphatic heterocycles. The lowest BCUT2D eigenvalue weighted by Gasteiger charge is -2.10. The van der Waals surface area contributed by atoms with E-state index in [4.69, 9.17) is 5.73 Å². The number of halogens is 2. The highest BCUT2D eigenvalue weighted by Gasteiger charge is 2.10. The molecule has 2 rings (SSSR count). The summed E-state index contributed by atoms with van der Waals surface area (Å²) in [6.07, 6.45) is 0. The zero-order valence-corrected chi connectivity index (χ0v) is 11.3. The molecule has 4 nitrogen and oxygen atoms in total. The number of amides is 1. The first-order valence-corrected chi connectivity index (χ1v) is 6.18. The summed E-state index contributed by atoms with van der Waals surface area (Å²) in [5.74, 6) is -0.353. The van der Waals surface area contributed by atoms with Crippen molar-refractivity contribution in [1.82, 2.24) is 0 Å². The van der Waals surface area contributed by atoms with E-state index >= 15 is 0 Å². The molecule has 21 heavy (non-hydrogen) atoms. The average Bonchev–Trinajstić information content (AvgIpc) is 2.44. The number of benzene rings is 2. The highest BCUT2D eigenvalue weighted by atomic mass is 19.3. The molecule has 0 heterocycles. The van der Waals surface area contributed by atoms with Crippen molar-refractivity contribution in [2.75, 3.05) is 11.1 Å². The van der Waals surface area contributed by atoms with E-state index in [-0.39, 0.29) is 11.7 Å². The second kappa shape index (κ2) is 6.21. The molecule has 0 saturated heterocycles. The fourth-order valence-corrected chi connectivity index (χ4v) is 1.77. The Bertz CT molecular complexity index is 643. The van der Waals surface area contributed by atoms with Crippen molar-refractivity contribution in [2.24, 2.45) is 0 Å². The Kier molecular flexibility index (Phi) is 4.37. The smallest absolute Gasteiger partial charge is 0.387 e. The van der Waals surface area contributed by atoms with Crippen LogP contribution in [-0.2, 0) is 0 Å². The molecule has 0 aliphatic rings. The molecule has 6 heteroatoms. The number of hydrogen-bond donors (Lipinski definition) is 2. The van der Waals surface area contributed by atoms with Gasteiger partial charge in [0.1, 0.15) is 5.75 Å². The number of carbonyl (C=O) groups is 1. The monoisotopic (exact) mass is 292 g/mol. The van der Waals surface area contributed by atoms with Gasteiger partial charge in [-0.2, -0.15) is 8.78 Å². The fourth-order valence-electron chi connectivity index (χ4n) is 1.77. The van der Waals surface area contributed by atoms with Gasteiger partial charge in [-0.1, -0.05) is 6.07 Å². The van der Waals surface area contributed by atoms with Crippen LogP contribution in [0.5, 0.6) is 5.75 Å². The number of nitrogen functional groups attached to an aromatic ring is 1. The van der Waals surface area contributed by atoms with E-state index in [2.05, 4.69) is 10.1 Å². The standard InChI is InChI=1S/C15H14F2N2O2/c1-9-12(18)3-2-4-13(9)19-14(20)10-5-7-11(8-6-10)21-15(16)17/h2-8,15H,18H2,1H3,(H,19,20). The fraction of sp³-hybridized carbons (Fsp3) is 0.133. The van der Waals surface area contributed by atoms with Crippen molar-refractivity contribution < 1.29 is 18.3 Å². The van der Waals surface area contributed by atoms with Crippen molar-refractivity contribution in [2.45, 2.75) is 13.5 Å². The first-order chi connectivity index (χ1) is 9.97. The molecular weight excluding hydrogens is 278 g/mol. The van der Waals surface area contributed by atoms with Gasteiger partial charge in [0.25, 0.3) is 5.91 Å². The second-order valence-corrected chi connectivity index (χ2v) is 4.38. The molecule has 0 radical (unpaired) electrons. The number of ether oxygens (including phenoxy) is 1. The maximum Gasteiger partial charge on any atom is 0.387 e. The molecule has 110 valence electrons. The number of nitrogens with two attached hydrogens (primary N) is 1. The van der Waals surface area contributed by atoms with Crippen LogP contribution in [0.1, 0.15) is 15.9 Å². The topological polar surface area (TPSA) is 64.3 Å². The molecule has 2 aromatic carbocycles. The van der Waals surface area contributed by atoms with Gasteiger partial charge in [-0.15, -0.1) is 0 Å². The van der Waals surface area contributed by atoms with E-state index < -0.39 is 6.61 Å². The van der Waals surface area contributed by atoms with E-state index in [0.29, 0.717) is 16.9 Å².